The van der Waals surface area contributed by atoms with Gasteiger partial charge in [0.15, 0.2) is 4.77 Å². The van der Waals surface area contributed by atoms with Crippen LogP contribution < -0.4 is 0 Å². The molecule has 0 atom stereocenters. The summed E-state index contributed by atoms with van der Waals surface area (Å²) in [4.78, 5) is 14.4. The number of para-hydroxylation sites is 3. The molecule has 0 unspecified atom stereocenters. The van der Waals surface area contributed by atoms with E-state index in [-0.39, 0.29) is 11.9 Å². The molecule has 28 heavy (non-hydrogen) atoms. The minimum absolute atomic E-state index is 0.0230. The second-order valence-corrected chi connectivity index (χ2v) is 7.52. The van der Waals surface area contributed by atoms with E-state index in [1.165, 1.54) is 0 Å². The molecule has 1 saturated heterocycles. The zero-order valence-corrected chi connectivity index (χ0v) is 16.9. The van der Waals surface area contributed by atoms with Gasteiger partial charge in [0.05, 0.1) is 30.2 Å². The van der Waals surface area contributed by atoms with Crippen molar-refractivity contribution in [2.45, 2.75) is 26.4 Å². The van der Waals surface area contributed by atoms with Crippen molar-refractivity contribution in [3.05, 3.63) is 59.4 Å². The number of hydrogen-bond acceptors (Lipinski definition) is 4. The summed E-state index contributed by atoms with van der Waals surface area (Å²) in [6.45, 7) is 4.78. The van der Waals surface area contributed by atoms with Crippen molar-refractivity contribution in [3.8, 4) is 5.69 Å². The molecule has 0 N–H and O–H groups in total. The Hall–Kier alpha value is -2.44. The standard InChI is InChI=1S/C22H25N3O2S/c1-2-27-21(26)17-12-14-23(15-13-17)16-24-19-10-6-7-11-20(19)25(22(24)28)18-8-4-3-5-9-18/h3-11,17H,2,12-16H2,1H3. The van der Waals surface area contributed by atoms with Crippen molar-refractivity contribution in [1.82, 2.24) is 14.0 Å². The number of carbonyl (C=O) groups excluding carboxylic acids is 1. The Morgan fingerprint density at radius 3 is 2.36 bits per heavy atom. The zero-order chi connectivity index (χ0) is 19.5. The SMILES string of the molecule is CCOC(=O)C1CCN(Cn2c(=S)n(-c3ccccc3)c3ccccc32)CC1. The molecule has 4 rings (SSSR count). The van der Waals surface area contributed by atoms with Crippen LogP contribution in [-0.4, -0.2) is 39.7 Å². The predicted molar refractivity (Wildman–Crippen MR) is 113 cm³/mol. The Balaban J connectivity index is 1.60. The molecule has 2 aromatic carbocycles. The van der Waals surface area contributed by atoms with E-state index in [4.69, 9.17) is 17.0 Å². The molecule has 0 aliphatic carbocycles. The maximum Gasteiger partial charge on any atom is 0.309 e. The monoisotopic (exact) mass is 395 g/mol. The van der Waals surface area contributed by atoms with E-state index >= 15 is 0 Å². The van der Waals surface area contributed by atoms with Gasteiger partial charge in [0, 0.05) is 18.8 Å². The van der Waals surface area contributed by atoms with E-state index in [0.29, 0.717) is 6.61 Å². The molecule has 146 valence electrons. The molecule has 3 aromatic rings. The summed E-state index contributed by atoms with van der Waals surface area (Å²) in [6, 6.07) is 18.6. The lowest BCUT2D eigenvalue weighted by Gasteiger charge is -2.31. The lowest BCUT2D eigenvalue weighted by Crippen LogP contribution is -2.38. The van der Waals surface area contributed by atoms with Crippen LogP contribution in [0.2, 0.25) is 0 Å². The number of hydrogen-bond donors (Lipinski definition) is 0. The average molecular weight is 396 g/mol. The fraction of sp³-hybridized carbons (Fsp3) is 0.364. The van der Waals surface area contributed by atoms with Crippen LogP contribution in [0.1, 0.15) is 19.8 Å². The normalized spacial score (nSPS) is 15.8. The van der Waals surface area contributed by atoms with E-state index in [9.17, 15) is 4.79 Å². The van der Waals surface area contributed by atoms with Crippen LogP contribution in [-0.2, 0) is 16.2 Å². The Morgan fingerprint density at radius 2 is 1.68 bits per heavy atom. The highest BCUT2D eigenvalue weighted by molar-refractivity contribution is 7.71. The highest BCUT2D eigenvalue weighted by Gasteiger charge is 2.26. The highest BCUT2D eigenvalue weighted by Crippen LogP contribution is 2.25. The summed E-state index contributed by atoms with van der Waals surface area (Å²) in [5.74, 6) is -0.0331. The van der Waals surface area contributed by atoms with Gasteiger partial charge in [-0.05, 0) is 56.2 Å². The molecule has 1 aliphatic heterocycles. The van der Waals surface area contributed by atoms with Gasteiger partial charge in [-0.25, -0.2) is 0 Å². The van der Waals surface area contributed by atoms with Gasteiger partial charge in [0.1, 0.15) is 0 Å². The number of fused-ring (bicyclic) bond motifs is 1. The molecule has 0 saturated carbocycles. The summed E-state index contributed by atoms with van der Waals surface area (Å²) in [5.41, 5.74) is 3.31. The quantitative estimate of drug-likeness (QED) is 0.474. The number of esters is 1. The third-order valence-electron chi connectivity index (χ3n) is 5.40. The lowest BCUT2D eigenvalue weighted by atomic mass is 9.97. The second kappa shape index (κ2) is 8.29. The van der Waals surface area contributed by atoms with Gasteiger partial charge in [-0.3, -0.25) is 14.3 Å². The van der Waals surface area contributed by atoms with Crippen LogP contribution in [0.4, 0.5) is 0 Å². The first kappa shape index (κ1) is 18.9. The number of carbonyl (C=O) groups is 1. The van der Waals surface area contributed by atoms with Crippen molar-refractivity contribution in [2.75, 3.05) is 19.7 Å². The minimum atomic E-state index is -0.0561. The fourth-order valence-electron chi connectivity index (χ4n) is 3.94. The number of imidazole rings is 1. The number of benzene rings is 2. The first-order valence-corrected chi connectivity index (χ1v) is 10.2. The largest absolute Gasteiger partial charge is 0.466 e. The summed E-state index contributed by atoms with van der Waals surface area (Å²) in [5, 5.41) is 0. The van der Waals surface area contributed by atoms with E-state index in [0.717, 1.165) is 54.1 Å². The van der Waals surface area contributed by atoms with Gasteiger partial charge in [0.2, 0.25) is 0 Å². The van der Waals surface area contributed by atoms with Crippen LogP contribution >= 0.6 is 12.2 Å². The van der Waals surface area contributed by atoms with Crippen LogP contribution in [0, 0.1) is 10.7 Å². The lowest BCUT2D eigenvalue weighted by molar-refractivity contribution is -0.149. The molecule has 5 nitrogen and oxygen atoms in total. The highest BCUT2D eigenvalue weighted by atomic mass is 32.1. The molecule has 0 spiro atoms. The number of piperidine rings is 1. The topological polar surface area (TPSA) is 39.4 Å². The Kier molecular flexibility index (Phi) is 5.59. The first-order chi connectivity index (χ1) is 13.7. The molecule has 1 fully saturated rings. The van der Waals surface area contributed by atoms with Gasteiger partial charge in [-0.1, -0.05) is 30.3 Å². The average Bonchev–Trinajstić information content (AvgIpc) is 3.01. The van der Waals surface area contributed by atoms with Gasteiger partial charge in [-0.15, -0.1) is 0 Å². The summed E-state index contributed by atoms with van der Waals surface area (Å²) < 4.78 is 10.3. The Bertz CT molecular complexity index is 1020. The number of likely N-dealkylation sites (tertiary alicyclic amines) is 1. The Labute approximate surface area is 170 Å². The van der Waals surface area contributed by atoms with Crippen LogP contribution in [0.3, 0.4) is 0 Å². The van der Waals surface area contributed by atoms with E-state index in [1.807, 2.05) is 31.2 Å². The number of aromatic nitrogens is 2. The summed E-state index contributed by atoms with van der Waals surface area (Å²) in [7, 11) is 0. The molecular weight excluding hydrogens is 370 g/mol. The first-order valence-electron chi connectivity index (χ1n) is 9.83. The molecule has 1 aromatic heterocycles. The van der Waals surface area contributed by atoms with Gasteiger partial charge in [-0.2, -0.15) is 0 Å². The summed E-state index contributed by atoms with van der Waals surface area (Å²) in [6.07, 6.45) is 1.67. The van der Waals surface area contributed by atoms with Crippen molar-refractivity contribution in [3.63, 3.8) is 0 Å². The van der Waals surface area contributed by atoms with Crippen LogP contribution in [0.25, 0.3) is 16.7 Å². The van der Waals surface area contributed by atoms with Crippen molar-refractivity contribution < 1.29 is 9.53 Å². The van der Waals surface area contributed by atoms with E-state index < -0.39 is 0 Å². The van der Waals surface area contributed by atoms with Gasteiger partial charge >= 0.3 is 5.97 Å². The van der Waals surface area contributed by atoms with Gasteiger partial charge < -0.3 is 9.30 Å². The van der Waals surface area contributed by atoms with Crippen molar-refractivity contribution in [1.29, 1.82) is 0 Å². The van der Waals surface area contributed by atoms with E-state index in [2.05, 4.69) is 44.4 Å². The molecule has 0 radical (unpaired) electrons. The maximum atomic E-state index is 12.0. The molecule has 6 heteroatoms. The number of rotatable bonds is 5. The van der Waals surface area contributed by atoms with Crippen molar-refractivity contribution >= 4 is 29.2 Å². The number of nitrogens with zero attached hydrogens (tertiary/aromatic N) is 3. The molecular formula is C22H25N3O2S. The number of ether oxygens (including phenoxy) is 1. The predicted octanol–water partition coefficient (Wildman–Crippen LogP) is 4.39. The molecule has 0 amide bonds. The smallest absolute Gasteiger partial charge is 0.309 e. The molecule has 2 heterocycles. The second-order valence-electron chi connectivity index (χ2n) is 7.16. The van der Waals surface area contributed by atoms with Crippen LogP contribution in [0.15, 0.2) is 54.6 Å². The summed E-state index contributed by atoms with van der Waals surface area (Å²) >= 11 is 5.87. The Morgan fingerprint density at radius 1 is 1.04 bits per heavy atom. The van der Waals surface area contributed by atoms with Crippen LogP contribution in [0.5, 0.6) is 0 Å². The molecule has 1 aliphatic rings. The fourth-order valence-corrected chi connectivity index (χ4v) is 4.30. The maximum absolute atomic E-state index is 12.0. The molecule has 0 bridgehead atoms. The third-order valence-corrected chi connectivity index (χ3v) is 5.80. The van der Waals surface area contributed by atoms with Gasteiger partial charge in [0.25, 0.3) is 0 Å². The third kappa shape index (κ3) is 3.62. The van der Waals surface area contributed by atoms with Crippen molar-refractivity contribution in [2.24, 2.45) is 5.92 Å². The minimum Gasteiger partial charge on any atom is -0.466 e. The van der Waals surface area contributed by atoms with E-state index in [1.54, 1.807) is 0 Å². The zero-order valence-electron chi connectivity index (χ0n) is 16.1.